The minimum Gasteiger partial charge on any atom is -0.480 e. The van der Waals surface area contributed by atoms with E-state index in [1.54, 1.807) is 0 Å². The molecule has 0 saturated carbocycles. The van der Waals surface area contributed by atoms with Crippen molar-refractivity contribution in [3.63, 3.8) is 0 Å². The number of imidazole rings is 1. The molecule has 13 heteroatoms. The molecule has 0 aromatic carbocycles. The number of aliphatic carboxylic acids is 1. The summed E-state index contributed by atoms with van der Waals surface area (Å²) in [4.78, 5) is 55.4. The van der Waals surface area contributed by atoms with Gasteiger partial charge in [0.15, 0.2) is 0 Å². The summed E-state index contributed by atoms with van der Waals surface area (Å²) >= 11 is 0. The number of nitrogens with zero attached hydrogens (tertiary/aromatic N) is 1. The Morgan fingerprint density at radius 1 is 1.09 bits per heavy atom. The number of H-pyrrole nitrogens is 1. The lowest BCUT2D eigenvalue weighted by molar-refractivity contribution is -0.142. The number of carboxylic acids is 1. The number of carbonyl (C=O) groups is 4. The van der Waals surface area contributed by atoms with Crippen LogP contribution in [0.1, 0.15) is 38.8 Å². The normalized spacial score (nSPS) is 15.7. The smallest absolute Gasteiger partial charge is 0.325 e. The van der Waals surface area contributed by atoms with E-state index < -0.39 is 54.0 Å². The number of nitrogens with one attached hydrogen (secondary N) is 4. The van der Waals surface area contributed by atoms with E-state index in [2.05, 4.69) is 25.9 Å². The Kier molecular flexibility index (Phi) is 11.3. The number of aromatic nitrogens is 2. The van der Waals surface area contributed by atoms with Crippen LogP contribution in [-0.2, 0) is 25.6 Å². The van der Waals surface area contributed by atoms with Crippen molar-refractivity contribution in [1.29, 1.82) is 0 Å². The van der Waals surface area contributed by atoms with Gasteiger partial charge >= 0.3 is 5.97 Å². The van der Waals surface area contributed by atoms with Gasteiger partial charge in [0, 0.05) is 18.3 Å². The van der Waals surface area contributed by atoms with Gasteiger partial charge in [0.1, 0.15) is 18.1 Å². The number of carboxylic acid groups (broad SMARTS) is 1. The molecule has 1 rings (SSSR count). The predicted octanol–water partition coefficient (Wildman–Crippen LogP) is -2.65. The highest BCUT2D eigenvalue weighted by Gasteiger charge is 2.32. The fourth-order valence-corrected chi connectivity index (χ4v) is 2.77. The van der Waals surface area contributed by atoms with Crippen LogP contribution in [0, 0.1) is 0 Å². The van der Waals surface area contributed by atoms with Crippen LogP contribution in [0.5, 0.6) is 0 Å². The minimum absolute atomic E-state index is 0.0248. The van der Waals surface area contributed by atoms with Gasteiger partial charge in [-0.15, -0.1) is 0 Å². The third kappa shape index (κ3) is 8.99. The molecular weight excluding hydrogens is 422 g/mol. The first kappa shape index (κ1) is 27.0. The van der Waals surface area contributed by atoms with Crippen molar-refractivity contribution in [3.8, 4) is 0 Å². The van der Waals surface area contributed by atoms with Gasteiger partial charge in [0.25, 0.3) is 0 Å². The second-order valence-electron chi connectivity index (χ2n) is 7.53. The quantitative estimate of drug-likeness (QED) is 0.137. The van der Waals surface area contributed by atoms with Crippen molar-refractivity contribution >= 4 is 23.7 Å². The van der Waals surface area contributed by atoms with Crippen LogP contribution in [0.3, 0.4) is 0 Å². The van der Waals surface area contributed by atoms with E-state index >= 15 is 0 Å². The number of aliphatic hydroxyl groups excluding tert-OH is 1. The Balaban J connectivity index is 2.89. The van der Waals surface area contributed by atoms with E-state index in [4.69, 9.17) is 16.6 Å². The first-order chi connectivity index (χ1) is 15.1. The maximum atomic E-state index is 12.8. The summed E-state index contributed by atoms with van der Waals surface area (Å²) < 4.78 is 0. The van der Waals surface area contributed by atoms with Gasteiger partial charge in [-0.1, -0.05) is 6.42 Å². The molecule has 5 atom stereocenters. The average molecular weight is 456 g/mol. The summed E-state index contributed by atoms with van der Waals surface area (Å²) in [5.41, 5.74) is 11.8. The lowest BCUT2D eigenvalue weighted by Gasteiger charge is -2.26. The Hall–Kier alpha value is -3.03. The van der Waals surface area contributed by atoms with E-state index in [1.165, 1.54) is 26.4 Å². The molecular formula is C19H33N7O6. The number of aliphatic hydroxyl groups is 1. The molecule has 180 valence electrons. The summed E-state index contributed by atoms with van der Waals surface area (Å²) in [6.07, 6.45) is 3.20. The van der Waals surface area contributed by atoms with Crippen molar-refractivity contribution in [2.45, 2.75) is 69.8 Å². The van der Waals surface area contributed by atoms with Crippen molar-refractivity contribution in [2.24, 2.45) is 11.5 Å². The van der Waals surface area contributed by atoms with Gasteiger partial charge in [-0.3, -0.25) is 19.2 Å². The molecule has 1 heterocycles. The molecule has 1 aromatic rings. The van der Waals surface area contributed by atoms with Crippen LogP contribution in [0.25, 0.3) is 0 Å². The molecule has 0 spiro atoms. The lowest BCUT2D eigenvalue weighted by Crippen LogP contribution is -2.60. The molecule has 10 N–H and O–H groups in total. The second-order valence-corrected chi connectivity index (χ2v) is 7.53. The Bertz CT molecular complexity index is 755. The molecule has 0 aliphatic heterocycles. The molecule has 1 aromatic heterocycles. The summed E-state index contributed by atoms with van der Waals surface area (Å²) in [6, 6.07) is -4.66. The van der Waals surface area contributed by atoms with Crippen LogP contribution >= 0.6 is 0 Å². The van der Waals surface area contributed by atoms with Crippen molar-refractivity contribution < 1.29 is 29.4 Å². The number of nitrogens with two attached hydrogens (primary N) is 2. The molecule has 5 unspecified atom stereocenters. The topological polar surface area (TPSA) is 226 Å². The molecule has 0 fully saturated rings. The zero-order chi connectivity index (χ0) is 24.3. The first-order valence-corrected chi connectivity index (χ1v) is 10.3. The van der Waals surface area contributed by atoms with Crippen molar-refractivity contribution in [3.05, 3.63) is 18.2 Å². The third-order valence-corrected chi connectivity index (χ3v) is 4.71. The number of hydrogen-bond donors (Lipinski definition) is 8. The Labute approximate surface area is 185 Å². The maximum Gasteiger partial charge on any atom is 0.325 e. The van der Waals surface area contributed by atoms with Crippen LogP contribution in [0.4, 0.5) is 0 Å². The predicted molar refractivity (Wildman–Crippen MR) is 114 cm³/mol. The summed E-state index contributed by atoms with van der Waals surface area (Å²) in [5, 5.41) is 26.2. The molecule has 0 aliphatic rings. The van der Waals surface area contributed by atoms with Gasteiger partial charge in [-0.2, -0.15) is 0 Å². The highest BCUT2D eigenvalue weighted by atomic mass is 16.4. The van der Waals surface area contributed by atoms with E-state index in [9.17, 15) is 24.3 Å². The number of amides is 3. The van der Waals surface area contributed by atoms with Crippen LogP contribution in [0.2, 0.25) is 0 Å². The highest BCUT2D eigenvalue weighted by Crippen LogP contribution is 2.04. The molecule has 0 saturated heterocycles. The van der Waals surface area contributed by atoms with E-state index in [0.29, 0.717) is 31.5 Å². The molecule has 32 heavy (non-hydrogen) atoms. The summed E-state index contributed by atoms with van der Waals surface area (Å²) in [5.74, 6) is -3.46. The number of carbonyl (C=O) groups excluding carboxylic acids is 3. The summed E-state index contributed by atoms with van der Waals surface area (Å²) in [7, 11) is 0. The van der Waals surface area contributed by atoms with Gasteiger partial charge in [0.05, 0.1) is 18.5 Å². The molecule has 0 aliphatic carbocycles. The van der Waals surface area contributed by atoms with E-state index in [-0.39, 0.29) is 6.42 Å². The van der Waals surface area contributed by atoms with Crippen LogP contribution in [-0.4, -0.2) is 80.7 Å². The number of unbranched alkanes of at least 4 members (excludes halogenated alkanes) is 1. The SMILES string of the molecule is CC(NC(=O)C(Cc1cnc[nH]1)NC(=O)C(NC(=O)C(N)CCCCN)C(C)O)C(=O)O. The molecule has 0 radical (unpaired) electrons. The van der Waals surface area contributed by atoms with Crippen molar-refractivity contribution in [1.82, 2.24) is 25.9 Å². The van der Waals surface area contributed by atoms with Crippen molar-refractivity contribution in [2.75, 3.05) is 6.54 Å². The summed E-state index contributed by atoms with van der Waals surface area (Å²) in [6.45, 7) is 3.05. The average Bonchev–Trinajstić information content (AvgIpc) is 3.23. The number of hydrogen-bond acceptors (Lipinski definition) is 8. The molecule has 3 amide bonds. The van der Waals surface area contributed by atoms with Gasteiger partial charge in [-0.25, -0.2) is 4.98 Å². The minimum atomic E-state index is -1.38. The van der Waals surface area contributed by atoms with Gasteiger partial charge < -0.3 is 42.6 Å². The number of rotatable bonds is 14. The van der Waals surface area contributed by atoms with E-state index in [1.807, 2.05) is 0 Å². The second kappa shape index (κ2) is 13.4. The van der Waals surface area contributed by atoms with Gasteiger partial charge in [-0.05, 0) is 33.2 Å². The maximum absolute atomic E-state index is 12.8. The lowest BCUT2D eigenvalue weighted by atomic mass is 10.1. The molecule has 13 nitrogen and oxygen atoms in total. The fourth-order valence-electron chi connectivity index (χ4n) is 2.77. The third-order valence-electron chi connectivity index (χ3n) is 4.71. The van der Waals surface area contributed by atoms with E-state index in [0.717, 1.165) is 0 Å². The zero-order valence-corrected chi connectivity index (χ0v) is 18.2. The Morgan fingerprint density at radius 2 is 1.78 bits per heavy atom. The zero-order valence-electron chi connectivity index (χ0n) is 18.2. The first-order valence-electron chi connectivity index (χ1n) is 10.3. The highest BCUT2D eigenvalue weighted by molar-refractivity contribution is 5.94. The van der Waals surface area contributed by atoms with Crippen LogP contribution in [0.15, 0.2) is 12.5 Å². The number of aromatic amines is 1. The monoisotopic (exact) mass is 455 g/mol. The van der Waals surface area contributed by atoms with Gasteiger partial charge in [0.2, 0.25) is 17.7 Å². The fraction of sp³-hybridized carbons (Fsp3) is 0.632. The largest absolute Gasteiger partial charge is 0.480 e. The standard InChI is InChI=1S/C19H33N7O6/c1-10(19(31)32)24-17(29)14(7-12-8-22-9-23-12)25-18(30)15(11(2)27)26-16(28)13(21)5-3-4-6-20/h8-11,13-15,27H,3-7,20-21H2,1-2H3,(H,22,23)(H,24,29)(H,25,30)(H,26,28)(H,31,32). The Morgan fingerprint density at radius 3 is 2.31 bits per heavy atom. The van der Waals surface area contributed by atoms with Crippen LogP contribution < -0.4 is 27.4 Å². The molecule has 0 bridgehead atoms.